The van der Waals surface area contributed by atoms with Gasteiger partial charge in [0.25, 0.3) is 0 Å². The normalized spacial score (nSPS) is 13.7. The van der Waals surface area contributed by atoms with Gasteiger partial charge in [-0.1, -0.05) is 96.4 Å². The van der Waals surface area contributed by atoms with Crippen molar-refractivity contribution in [2.45, 2.75) is 97.3 Å². The molecule has 2 rings (SSSR count). The Balaban J connectivity index is 1.94. The van der Waals surface area contributed by atoms with Crippen LogP contribution >= 0.6 is 0 Å². The molecule has 0 aliphatic carbocycles. The molecule has 34 heavy (non-hydrogen) atoms. The zero-order valence-electron chi connectivity index (χ0n) is 21.2. The molecule has 0 aliphatic rings. The van der Waals surface area contributed by atoms with Crippen LogP contribution in [0.5, 0.6) is 0 Å². The van der Waals surface area contributed by atoms with Gasteiger partial charge in [-0.25, -0.2) is 9.97 Å². The van der Waals surface area contributed by atoms with E-state index < -0.39 is 17.8 Å². The van der Waals surface area contributed by atoms with E-state index in [0.29, 0.717) is 11.4 Å². The Labute approximate surface area is 205 Å². The van der Waals surface area contributed by atoms with Crippen molar-refractivity contribution in [1.82, 2.24) is 9.97 Å². The number of aromatic nitrogens is 2. The minimum Gasteiger partial charge on any atom is -0.481 e. The molecule has 1 N–H and O–H groups in total. The molecule has 1 heterocycles. The van der Waals surface area contributed by atoms with Crippen LogP contribution < -0.4 is 0 Å². The molecule has 0 fully saturated rings. The molecular formula is C29H41N3O2. The van der Waals surface area contributed by atoms with E-state index in [0.717, 1.165) is 36.8 Å². The molecule has 3 atom stereocenters. The maximum Gasteiger partial charge on any atom is 0.312 e. The summed E-state index contributed by atoms with van der Waals surface area (Å²) in [6.45, 7) is 6.26. The molecule has 0 aliphatic heterocycles. The van der Waals surface area contributed by atoms with Crippen LogP contribution in [0.4, 0.5) is 0 Å². The predicted octanol–water partition coefficient (Wildman–Crippen LogP) is 7.57. The third-order valence-corrected chi connectivity index (χ3v) is 6.68. The summed E-state index contributed by atoms with van der Waals surface area (Å²) in [6.07, 6.45) is 17.0. The van der Waals surface area contributed by atoms with Crippen molar-refractivity contribution in [2.75, 3.05) is 0 Å². The van der Waals surface area contributed by atoms with E-state index in [-0.39, 0.29) is 5.92 Å². The summed E-state index contributed by atoms with van der Waals surface area (Å²) in [5, 5.41) is 19.5. The molecule has 184 valence electrons. The van der Waals surface area contributed by atoms with Crippen molar-refractivity contribution >= 4 is 5.97 Å². The number of carbonyl (C=O) groups is 1. The molecule has 1 aromatic heterocycles. The summed E-state index contributed by atoms with van der Waals surface area (Å²) in [5.41, 5.74) is 2.65. The number of hydrogen-bond acceptors (Lipinski definition) is 4. The van der Waals surface area contributed by atoms with Crippen molar-refractivity contribution in [3.8, 4) is 17.5 Å². The van der Waals surface area contributed by atoms with Gasteiger partial charge in [-0.15, -0.1) is 0 Å². The molecule has 0 bridgehead atoms. The summed E-state index contributed by atoms with van der Waals surface area (Å²) < 4.78 is 0. The van der Waals surface area contributed by atoms with E-state index in [2.05, 4.69) is 29.9 Å². The first-order valence-corrected chi connectivity index (χ1v) is 13.0. The van der Waals surface area contributed by atoms with E-state index in [1.807, 2.05) is 31.5 Å². The average Bonchev–Trinajstić information content (AvgIpc) is 2.84. The van der Waals surface area contributed by atoms with Gasteiger partial charge in [-0.05, 0) is 36.3 Å². The average molecular weight is 464 g/mol. The molecule has 0 saturated carbocycles. The molecule has 3 unspecified atom stereocenters. The minimum absolute atomic E-state index is 0.0210. The SMILES string of the molecule is CCCCCCCCCCc1cnc(-c2ccc(C(C(=O)O)C(C#N)C(C)CCC)cc2)nc1. The molecule has 2 aromatic rings. The Morgan fingerprint density at radius 2 is 1.53 bits per heavy atom. The highest BCUT2D eigenvalue weighted by molar-refractivity contribution is 5.77. The van der Waals surface area contributed by atoms with Gasteiger partial charge in [0.1, 0.15) is 0 Å². The number of aryl methyl sites for hydroxylation is 1. The highest BCUT2D eigenvalue weighted by atomic mass is 16.4. The number of nitriles is 1. The lowest BCUT2D eigenvalue weighted by atomic mass is 9.77. The topological polar surface area (TPSA) is 86.9 Å². The Bertz CT molecular complexity index is 887. The first kappa shape index (κ1) is 27.5. The lowest BCUT2D eigenvalue weighted by molar-refractivity contribution is -0.140. The molecule has 0 radical (unpaired) electrons. The number of nitrogens with zero attached hydrogens (tertiary/aromatic N) is 3. The van der Waals surface area contributed by atoms with Crippen LogP contribution in [0.3, 0.4) is 0 Å². The van der Waals surface area contributed by atoms with Gasteiger partial charge in [0.05, 0.1) is 17.9 Å². The van der Waals surface area contributed by atoms with E-state index >= 15 is 0 Å². The lowest BCUT2D eigenvalue weighted by Crippen LogP contribution is -2.25. The highest BCUT2D eigenvalue weighted by Crippen LogP contribution is 2.33. The van der Waals surface area contributed by atoms with Gasteiger partial charge in [0.15, 0.2) is 5.82 Å². The molecule has 0 saturated heterocycles. The summed E-state index contributed by atoms with van der Waals surface area (Å²) in [5.74, 6) is -1.70. The van der Waals surface area contributed by atoms with Crippen LogP contribution in [0, 0.1) is 23.2 Å². The fraction of sp³-hybridized carbons (Fsp3) is 0.586. The monoisotopic (exact) mass is 463 g/mol. The Kier molecular flexibility index (Phi) is 12.3. The van der Waals surface area contributed by atoms with Crippen molar-refractivity contribution in [3.05, 3.63) is 47.8 Å². The number of rotatable bonds is 16. The smallest absolute Gasteiger partial charge is 0.312 e. The number of hydrogen-bond donors (Lipinski definition) is 1. The molecule has 0 amide bonds. The van der Waals surface area contributed by atoms with Crippen LogP contribution in [0.25, 0.3) is 11.4 Å². The molecule has 5 heteroatoms. The van der Waals surface area contributed by atoms with Crippen LogP contribution in [-0.2, 0) is 11.2 Å². The summed E-state index contributed by atoms with van der Waals surface area (Å²) in [4.78, 5) is 21.1. The Morgan fingerprint density at radius 3 is 2.06 bits per heavy atom. The fourth-order valence-corrected chi connectivity index (χ4v) is 4.60. The van der Waals surface area contributed by atoms with Crippen LogP contribution in [0.2, 0.25) is 0 Å². The second-order valence-corrected chi connectivity index (χ2v) is 9.50. The van der Waals surface area contributed by atoms with Gasteiger partial charge in [-0.2, -0.15) is 5.26 Å². The van der Waals surface area contributed by atoms with Gasteiger partial charge in [0, 0.05) is 18.0 Å². The summed E-state index contributed by atoms with van der Waals surface area (Å²) in [6, 6.07) is 9.57. The number of carboxylic acid groups (broad SMARTS) is 1. The summed E-state index contributed by atoms with van der Waals surface area (Å²) >= 11 is 0. The van der Waals surface area contributed by atoms with Crippen molar-refractivity contribution in [1.29, 1.82) is 5.26 Å². The highest BCUT2D eigenvalue weighted by Gasteiger charge is 2.33. The first-order valence-electron chi connectivity index (χ1n) is 13.0. The lowest BCUT2D eigenvalue weighted by Gasteiger charge is -2.24. The van der Waals surface area contributed by atoms with Crippen LogP contribution in [0.15, 0.2) is 36.7 Å². The number of benzene rings is 1. The minimum atomic E-state index is -0.955. The first-order chi connectivity index (χ1) is 16.5. The predicted molar refractivity (Wildman–Crippen MR) is 137 cm³/mol. The molecular weight excluding hydrogens is 422 g/mol. The standard InChI is InChI=1S/C29H41N3O2/c1-4-6-7-8-9-10-11-12-14-23-20-31-28(32-21-23)25-17-15-24(16-18-25)27(29(33)34)26(19-30)22(3)13-5-2/h15-18,20-22,26-27H,4-14H2,1-3H3,(H,33,34). The van der Waals surface area contributed by atoms with Crippen molar-refractivity contribution in [2.24, 2.45) is 11.8 Å². The van der Waals surface area contributed by atoms with E-state index in [9.17, 15) is 15.2 Å². The maximum atomic E-state index is 12.0. The number of unbranched alkanes of at least 4 members (excludes halogenated alkanes) is 7. The van der Waals surface area contributed by atoms with Crippen molar-refractivity contribution in [3.63, 3.8) is 0 Å². The van der Waals surface area contributed by atoms with Gasteiger partial charge in [0.2, 0.25) is 0 Å². The van der Waals surface area contributed by atoms with Gasteiger partial charge < -0.3 is 5.11 Å². The van der Waals surface area contributed by atoms with Gasteiger partial charge in [-0.3, -0.25) is 4.79 Å². The summed E-state index contributed by atoms with van der Waals surface area (Å²) in [7, 11) is 0. The quantitative estimate of drug-likeness (QED) is 0.259. The second-order valence-electron chi connectivity index (χ2n) is 9.50. The van der Waals surface area contributed by atoms with Gasteiger partial charge >= 0.3 is 5.97 Å². The number of aliphatic carboxylic acids is 1. The second kappa shape index (κ2) is 15.2. The zero-order valence-corrected chi connectivity index (χ0v) is 21.2. The molecule has 0 spiro atoms. The molecule has 1 aromatic carbocycles. The van der Waals surface area contributed by atoms with E-state index in [1.165, 1.54) is 44.9 Å². The largest absolute Gasteiger partial charge is 0.481 e. The van der Waals surface area contributed by atoms with Crippen molar-refractivity contribution < 1.29 is 9.90 Å². The fourth-order valence-electron chi connectivity index (χ4n) is 4.60. The van der Waals surface area contributed by atoms with E-state index in [4.69, 9.17) is 0 Å². The third kappa shape index (κ3) is 8.56. The number of carboxylic acids is 1. The Hall–Kier alpha value is -2.74. The Morgan fingerprint density at radius 1 is 0.941 bits per heavy atom. The van der Waals surface area contributed by atoms with Crippen LogP contribution in [0.1, 0.15) is 102 Å². The van der Waals surface area contributed by atoms with E-state index in [1.54, 1.807) is 12.1 Å². The molecule has 5 nitrogen and oxygen atoms in total. The zero-order chi connectivity index (χ0) is 24.8. The third-order valence-electron chi connectivity index (χ3n) is 6.68. The maximum absolute atomic E-state index is 12.0. The van der Waals surface area contributed by atoms with Crippen LogP contribution in [-0.4, -0.2) is 21.0 Å².